The summed E-state index contributed by atoms with van der Waals surface area (Å²) in [6, 6.07) is 8.84. The summed E-state index contributed by atoms with van der Waals surface area (Å²) in [5.41, 5.74) is 0.650. The Bertz CT molecular complexity index is 1680. The molecule has 3 heterocycles. The highest BCUT2D eigenvalue weighted by atomic mass is 32.2. The lowest BCUT2D eigenvalue weighted by Gasteiger charge is -2.28. The number of nitrogens with one attached hydrogen (secondary N) is 2. The van der Waals surface area contributed by atoms with Gasteiger partial charge in [-0.1, -0.05) is 12.1 Å². The van der Waals surface area contributed by atoms with E-state index in [0.29, 0.717) is 55.5 Å². The molecule has 3 aromatic rings. The van der Waals surface area contributed by atoms with E-state index in [0.717, 1.165) is 5.56 Å². The van der Waals surface area contributed by atoms with Crippen molar-refractivity contribution in [3.8, 4) is 17.1 Å². The first-order chi connectivity index (χ1) is 20.9. The number of aromatic nitrogens is 4. The van der Waals surface area contributed by atoms with E-state index in [1.807, 2.05) is 19.1 Å². The minimum atomic E-state index is -3.60. The van der Waals surface area contributed by atoms with Crippen molar-refractivity contribution in [3.63, 3.8) is 0 Å². The molecule has 232 valence electrons. The number of nitrogens with zero attached hydrogens (tertiary/aromatic N) is 5. The highest BCUT2D eigenvalue weighted by Crippen LogP contribution is 2.63. The Morgan fingerprint density at radius 2 is 1.75 bits per heavy atom. The van der Waals surface area contributed by atoms with Gasteiger partial charge in [-0.05, 0) is 58.7 Å². The van der Waals surface area contributed by atoms with Crippen LogP contribution in [0.3, 0.4) is 0 Å². The van der Waals surface area contributed by atoms with Crippen molar-refractivity contribution in [2.24, 2.45) is 11.8 Å². The van der Waals surface area contributed by atoms with Crippen molar-refractivity contribution in [1.29, 1.82) is 0 Å². The zero-order valence-corrected chi connectivity index (χ0v) is 25.8. The number of amides is 2. The zero-order valence-electron chi connectivity index (χ0n) is 25.0. The van der Waals surface area contributed by atoms with Crippen molar-refractivity contribution in [1.82, 2.24) is 24.8 Å². The Labute approximate surface area is 255 Å². The molecule has 44 heavy (non-hydrogen) atoms. The van der Waals surface area contributed by atoms with Gasteiger partial charge >= 0.3 is 6.09 Å². The van der Waals surface area contributed by atoms with E-state index in [4.69, 9.17) is 9.47 Å². The van der Waals surface area contributed by atoms with Crippen LogP contribution in [0.1, 0.15) is 46.2 Å². The number of piperidine rings is 1. The van der Waals surface area contributed by atoms with Crippen molar-refractivity contribution < 1.29 is 27.5 Å². The summed E-state index contributed by atoms with van der Waals surface area (Å²) in [4.78, 5) is 45.8. The molecule has 0 spiro atoms. The average Bonchev–Trinajstić information content (AvgIpc) is 3.88. The molecule has 2 N–H and O–H groups in total. The number of likely N-dealkylation sites (tertiary alicyclic amines) is 1. The van der Waals surface area contributed by atoms with Crippen LogP contribution in [-0.4, -0.2) is 75.8 Å². The van der Waals surface area contributed by atoms with E-state index >= 15 is 0 Å². The van der Waals surface area contributed by atoms with Crippen LogP contribution in [0.5, 0.6) is 5.88 Å². The highest BCUT2D eigenvalue weighted by molar-refractivity contribution is 7.93. The Hall–Kier alpha value is -4.33. The maximum absolute atomic E-state index is 14.1. The first-order valence-electron chi connectivity index (χ1n) is 14.6. The van der Waals surface area contributed by atoms with Crippen molar-refractivity contribution in [3.05, 3.63) is 54.6 Å². The van der Waals surface area contributed by atoms with Crippen LogP contribution in [0.4, 0.5) is 16.4 Å². The van der Waals surface area contributed by atoms with Gasteiger partial charge in [-0.25, -0.2) is 28.2 Å². The normalized spacial score (nSPS) is 22.6. The topological polar surface area (TPSA) is 166 Å². The lowest BCUT2D eigenvalue weighted by Crippen LogP contribution is -2.43. The second-order valence-electron chi connectivity index (χ2n) is 12.3. The third-order valence-corrected chi connectivity index (χ3v) is 9.84. The number of rotatable bonds is 9. The molecule has 0 radical (unpaired) electrons. The molecule has 14 heteroatoms. The fraction of sp³-hybridized carbons (Fsp3) is 0.467. The van der Waals surface area contributed by atoms with Gasteiger partial charge in [0.1, 0.15) is 11.0 Å². The summed E-state index contributed by atoms with van der Waals surface area (Å²) in [5.74, 6) is -0.428. The molecule has 2 saturated carbocycles. The fourth-order valence-corrected chi connectivity index (χ4v) is 7.11. The van der Waals surface area contributed by atoms with Crippen molar-refractivity contribution in [2.45, 2.75) is 56.8 Å². The summed E-state index contributed by atoms with van der Waals surface area (Å²) >= 11 is 0. The molecule has 3 atom stereocenters. The minimum absolute atomic E-state index is 0.0738. The predicted octanol–water partition coefficient (Wildman–Crippen LogP) is 3.61. The third kappa shape index (κ3) is 5.77. The summed E-state index contributed by atoms with van der Waals surface area (Å²) < 4.78 is 38.6. The standard InChI is InChI=1S/C30H35N7O6S/c1-5-42-25-15-31-14-23(34-25)18-6-8-19(9-7-18)33-26(38)30(21-16-37(17-22(21)30)28(39)43-29(2,3)4)24-12-13-32-27(35-24)36-44(40,41)20-10-11-20/h6-9,12-15,20-22H,5,10-11,16-17H2,1-4H3,(H,33,38)(H,32,35,36)/t21-,22+,30?. The minimum Gasteiger partial charge on any atom is -0.477 e. The van der Waals surface area contributed by atoms with Gasteiger partial charge in [-0.2, -0.15) is 0 Å². The summed E-state index contributed by atoms with van der Waals surface area (Å²) in [5, 5.41) is 2.57. The molecular formula is C30H35N7O6S. The molecule has 0 bridgehead atoms. The van der Waals surface area contributed by atoms with Crippen LogP contribution in [-0.2, 0) is 25.0 Å². The van der Waals surface area contributed by atoms with Crippen LogP contribution in [0.2, 0.25) is 0 Å². The van der Waals surface area contributed by atoms with Crippen molar-refractivity contribution >= 4 is 33.7 Å². The van der Waals surface area contributed by atoms with E-state index in [1.54, 1.807) is 56.3 Å². The molecule has 1 saturated heterocycles. The van der Waals surface area contributed by atoms with Gasteiger partial charge in [0.25, 0.3) is 0 Å². The molecule has 6 rings (SSSR count). The van der Waals surface area contributed by atoms with Crippen molar-refractivity contribution in [2.75, 3.05) is 29.7 Å². The molecular weight excluding hydrogens is 586 g/mol. The number of carbonyl (C=O) groups is 2. The van der Waals surface area contributed by atoms with Crippen LogP contribution in [0, 0.1) is 11.8 Å². The SMILES string of the molecule is CCOc1cncc(-c2ccc(NC(=O)C3(c4ccnc(NS(=O)(=O)C5CC5)n4)[C@@H]4CN(C(=O)OC(C)(C)C)C[C@@H]43)cc2)n1. The summed E-state index contributed by atoms with van der Waals surface area (Å²) in [6.45, 7) is 8.36. The lowest BCUT2D eigenvalue weighted by molar-refractivity contribution is -0.119. The average molecular weight is 622 g/mol. The van der Waals surface area contributed by atoms with Crippen LogP contribution < -0.4 is 14.8 Å². The lowest BCUT2D eigenvalue weighted by atomic mass is 9.93. The first kappa shape index (κ1) is 29.7. The number of benzene rings is 1. The molecule has 13 nitrogen and oxygen atoms in total. The van der Waals surface area contributed by atoms with E-state index in [9.17, 15) is 18.0 Å². The smallest absolute Gasteiger partial charge is 0.410 e. The number of ether oxygens (including phenoxy) is 2. The number of hydrogen-bond acceptors (Lipinski definition) is 10. The van der Waals surface area contributed by atoms with Crippen LogP contribution in [0.15, 0.2) is 48.9 Å². The Morgan fingerprint density at radius 1 is 1.05 bits per heavy atom. The largest absolute Gasteiger partial charge is 0.477 e. The van der Waals surface area contributed by atoms with Gasteiger partial charge < -0.3 is 19.7 Å². The van der Waals surface area contributed by atoms with E-state index < -0.39 is 32.4 Å². The highest BCUT2D eigenvalue weighted by Gasteiger charge is 2.75. The maximum atomic E-state index is 14.1. The number of fused-ring (bicyclic) bond motifs is 1. The van der Waals surface area contributed by atoms with Crippen LogP contribution in [0.25, 0.3) is 11.3 Å². The van der Waals surface area contributed by atoms with Gasteiger partial charge in [0.05, 0.1) is 35.6 Å². The molecule has 2 amide bonds. The van der Waals surface area contributed by atoms with Gasteiger partial charge in [0.2, 0.25) is 27.8 Å². The van der Waals surface area contributed by atoms with E-state index in [2.05, 4.69) is 30.0 Å². The quantitative estimate of drug-likeness (QED) is 0.360. The predicted molar refractivity (Wildman–Crippen MR) is 161 cm³/mol. The zero-order chi connectivity index (χ0) is 31.3. The second-order valence-corrected chi connectivity index (χ2v) is 14.2. The van der Waals surface area contributed by atoms with E-state index in [-0.39, 0.29) is 23.7 Å². The van der Waals surface area contributed by atoms with Gasteiger partial charge in [0, 0.05) is 42.4 Å². The van der Waals surface area contributed by atoms with E-state index in [1.165, 1.54) is 6.20 Å². The summed E-state index contributed by atoms with van der Waals surface area (Å²) in [7, 11) is -3.60. The summed E-state index contributed by atoms with van der Waals surface area (Å²) in [6.07, 6.45) is 5.38. The van der Waals surface area contributed by atoms with Gasteiger partial charge in [0.15, 0.2) is 0 Å². The molecule has 3 fully saturated rings. The molecule has 1 aliphatic heterocycles. The molecule has 2 aliphatic carbocycles. The number of anilines is 2. The molecule has 1 unspecified atom stereocenters. The first-order valence-corrected chi connectivity index (χ1v) is 16.1. The molecule has 1 aromatic carbocycles. The van der Waals surface area contributed by atoms with Crippen LogP contribution >= 0.6 is 0 Å². The second kappa shape index (κ2) is 11.0. The number of hydrogen-bond donors (Lipinski definition) is 2. The van der Waals surface area contributed by atoms with Gasteiger partial charge in [-0.3, -0.25) is 14.5 Å². The number of sulfonamides is 1. The Balaban J connectivity index is 1.25. The Kier molecular flexibility index (Phi) is 7.42. The maximum Gasteiger partial charge on any atom is 0.410 e. The number of carbonyl (C=O) groups excluding carboxylic acids is 2. The molecule has 2 aromatic heterocycles. The Morgan fingerprint density at radius 3 is 2.39 bits per heavy atom. The fourth-order valence-electron chi connectivity index (χ4n) is 5.83. The third-order valence-electron chi connectivity index (χ3n) is 8.03. The molecule has 3 aliphatic rings. The van der Waals surface area contributed by atoms with Gasteiger partial charge in [-0.15, -0.1) is 0 Å². The monoisotopic (exact) mass is 621 g/mol.